The second-order valence-corrected chi connectivity index (χ2v) is 6.24. The third-order valence-corrected chi connectivity index (χ3v) is 3.86. The molecule has 1 amide bonds. The number of ether oxygens (including phenoxy) is 2. The highest BCUT2D eigenvalue weighted by Crippen LogP contribution is 2.16. The number of amides is 1. The first-order valence-corrected chi connectivity index (χ1v) is 8.57. The SMILES string of the molecule is O=C(COC(=O)c1cc(Br)ccc1F)NCCc1ccc(OC(F)F)cc1. The lowest BCUT2D eigenvalue weighted by atomic mass is 10.1. The lowest BCUT2D eigenvalue weighted by molar-refractivity contribution is -0.124. The van der Waals surface area contributed by atoms with Gasteiger partial charge in [0.2, 0.25) is 0 Å². The van der Waals surface area contributed by atoms with Gasteiger partial charge in [-0.3, -0.25) is 4.79 Å². The number of carbonyl (C=O) groups is 2. The van der Waals surface area contributed by atoms with Crippen LogP contribution in [0.1, 0.15) is 15.9 Å². The molecule has 0 saturated heterocycles. The molecule has 0 aromatic heterocycles. The molecule has 0 unspecified atom stereocenters. The summed E-state index contributed by atoms with van der Waals surface area (Å²) in [6.07, 6.45) is 0.439. The minimum atomic E-state index is -2.89. The lowest BCUT2D eigenvalue weighted by Gasteiger charge is -2.08. The first kappa shape index (κ1) is 20.8. The summed E-state index contributed by atoms with van der Waals surface area (Å²) in [6, 6.07) is 9.80. The smallest absolute Gasteiger partial charge is 0.387 e. The first-order valence-electron chi connectivity index (χ1n) is 7.78. The number of hydrogen-bond acceptors (Lipinski definition) is 4. The molecule has 1 N–H and O–H groups in total. The monoisotopic (exact) mass is 445 g/mol. The van der Waals surface area contributed by atoms with Gasteiger partial charge in [-0.1, -0.05) is 28.1 Å². The zero-order valence-electron chi connectivity index (χ0n) is 13.9. The van der Waals surface area contributed by atoms with Gasteiger partial charge in [0.05, 0.1) is 5.56 Å². The van der Waals surface area contributed by atoms with E-state index >= 15 is 0 Å². The van der Waals surface area contributed by atoms with Crippen LogP contribution in [0.4, 0.5) is 13.2 Å². The van der Waals surface area contributed by atoms with E-state index in [0.717, 1.165) is 11.6 Å². The van der Waals surface area contributed by atoms with Gasteiger partial charge < -0.3 is 14.8 Å². The molecule has 0 heterocycles. The molecule has 0 fully saturated rings. The standard InChI is InChI=1S/C18H15BrF3NO4/c19-12-3-6-15(20)14(9-12)17(25)26-10-16(24)23-8-7-11-1-4-13(5-2-11)27-18(21)22/h1-6,9,18H,7-8,10H2,(H,23,24). The summed E-state index contributed by atoms with van der Waals surface area (Å²) < 4.78 is 47.2. The normalized spacial score (nSPS) is 10.6. The third kappa shape index (κ3) is 6.93. The van der Waals surface area contributed by atoms with Gasteiger partial charge in [0.1, 0.15) is 11.6 Å². The molecule has 0 aliphatic rings. The number of halogens is 4. The zero-order valence-corrected chi connectivity index (χ0v) is 15.5. The van der Waals surface area contributed by atoms with Crippen molar-refractivity contribution in [3.63, 3.8) is 0 Å². The van der Waals surface area contributed by atoms with Crippen LogP contribution in [0.25, 0.3) is 0 Å². The molecule has 0 spiro atoms. The van der Waals surface area contributed by atoms with Gasteiger partial charge in [-0.15, -0.1) is 0 Å². The summed E-state index contributed by atoms with van der Waals surface area (Å²) in [7, 11) is 0. The minimum Gasteiger partial charge on any atom is -0.452 e. The number of benzene rings is 2. The fourth-order valence-corrected chi connectivity index (χ4v) is 2.46. The van der Waals surface area contributed by atoms with E-state index in [2.05, 4.69) is 26.0 Å². The van der Waals surface area contributed by atoms with Gasteiger partial charge in [-0.25, -0.2) is 9.18 Å². The number of alkyl halides is 2. The third-order valence-electron chi connectivity index (χ3n) is 3.37. The zero-order chi connectivity index (χ0) is 19.8. The van der Waals surface area contributed by atoms with Gasteiger partial charge in [-0.05, 0) is 42.3 Å². The van der Waals surface area contributed by atoms with Crippen LogP contribution in [0.5, 0.6) is 5.75 Å². The van der Waals surface area contributed by atoms with Crippen molar-refractivity contribution in [3.8, 4) is 5.75 Å². The van der Waals surface area contributed by atoms with E-state index in [1.54, 1.807) is 12.1 Å². The van der Waals surface area contributed by atoms with Gasteiger partial charge in [0, 0.05) is 11.0 Å². The maximum Gasteiger partial charge on any atom is 0.387 e. The highest BCUT2D eigenvalue weighted by molar-refractivity contribution is 9.10. The van der Waals surface area contributed by atoms with Crippen molar-refractivity contribution in [2.75, 3.05) is 13.2 Å². The van der Waals surface area contributed by atoms with Crippen LogP contribution in [-0.4, -0.2) is 31.6 Å². The van der Waals surface area contributed by atoms with Gasteiger partial charge in [0.25, 0.3) is 5.91 Å². The quantitative estimate of drug-likeness (QED) is 0.629. The average molecular weight is 446 g/mol. The maximum atomic E-state index is 13.6. The van der Waals surface area contributed by atoms with E-state index in [1.165, 1.54) is 24.3 Å². The Balaban J connectivity index is 1.73. The molecule has 2 aromatic carbocycles. The Bertz CT molecular complexity index is 800. The summed E-state index contributed by atoms with van der Waals surface area (Å²) in [5.74, 6) is -2.19. The van der Waals surface area contributed by atoms with Gasteiger partial charge >= 0.3 is 12.6 Å². The van der Waals surface area contributed by atoms with Crippen LogP contribution in [0.15, 0.2) is 46.9 Å². The van der Waals surface area contributed by atoms with Crippen molar-refractivity contribution in [1.82, 2.24) is 5.32 Å². The van der Waals surface area contributed by atoms with Crippen molar-refractivity contribution < 1.29 is 32.2 Å². The molecule has 2 rings (SSSR count). The maximum absolute atomic E-state index is 13.6. The molecule has 144 valence electrons. The van der Waals surface area contributed by atoms with Crippen LogP contribution in [0.2, 0.25) is 0 Å². The molecule has 0 aliphatic carbocycles. The van der Waals surface area contributed by atoms with Crippen molar-refractivity contribution in [3.05, 3.63) is 63.9 Å². The van der Waals surface area contributed by atoms with Crippen LogP contribution < -0.4 is 10.1 Å². The molecule has 0 bridgehead atoms. The molecule has 0 atom stereocenters. The topological polar surface area (TPSA) is 64.6 Å². The fraction of sp³-hybridized carbons (Fsp3) is 0.222. The number of esters is 1. The minimum absolute atomic E-state index is 0.0458. The van der Waals surface area contributed by atoms with E-state index in [-0.39, 0.29) is 17.9 Å². The summed E-state index contributed by atoms with van der Waals surface area (Å²) in [4.78, 5) is 23.5. The number of hydrogen-bond donors (Lipinski definition) is 1. The van der Waals surface area contributed by atoms with E-state index in [4.69, 9.17) is 4.74 Å². The fourth-order valence-electron chi connectivity index (χ4n) is 2.10. The Labute approximate surface area is 161 Å². The Hall–Kier alpha value is -2.55. The predicted molar refractivity (Wildman–Crippen MR) is 94.2 cm³/mol. The van der Waals surface area contributed by atoms with Crippen molar-refractivity contribution in [1.29, 1.82) is 0 Å². The van der Waals surface area contributed by atoms with Crippen LogP contribution in [0.3, 0.4) is 0 Å². The van der Waals surface area contributed by atoms with Crippen LogP contribution in [-0.2, 0) is 16.0 Å². The van der Waals surface area contributed by atoms with E-state index in [9.17, 15) is 22.8 Å². The number of rotatable bonds is 8. The summed E-state index contributed by atoms with van der Waals surface area (Å²) >= 11 is 3.12. The predicted octanol–water partition coefficient (Wildman–Crippen LogP) is 3.71. The van der Waals surface area contributed by atoms with E-state index < -0.39 is 30.9 Å². The van der Waals surface area contributed by atoms with Crippen molar-refractivity contribution in [2.45, 2.75) is 13.0 Å². The molecule has 9 heteroatoms. The van der Waals surface area contributed by atoms with Gasteiger partial charge in [0.15, 0.2) is 6.61 Å². The molecule has 0 saturated carbocycles. The number of nitrogens with one attached hydrogen (secondary N) is 1. The summed E-state index contributed by atoms with van der Waals surface area (Å²) in [5.41, 5.74) is 0.522. The highest BCUT2D eigenvalue weighted by atomic mass is 79.9. The summed E-state index contributed by atoms with van der Waals surface area (Å²) in [5, 5.41) is 2.54. The Morgan fingerprint density at radius 2 is 1.81 bits per heavy atom. The largest absolute Gasteiger partial charge is 0.452 e. The van der Waals surface area contributed by atoms with Crippen LogP contribution in [0, 0.1) is 5.82 Å². The molecule has 5 nitrogen and oxygen atoms in total. The molecule has 0 radical (unpaired) electrons. The lowest BCUT2D eigenvalue weighted by Crippen LogP contribution is -2.30. The molecule has 0 aliphatic heterocycles. The molecular formula is C18H15BrF3NO4. The second-order valence-electron chi connectivity index (χ2n) is 5.32. The molecule has 2 aromatic rings. The average Bonchev–Trinajstić information content (AvgIpc) is 2.62. The van der Waals surface area contributed by atoms with E-state index in [1.807, 2.05) is 0 Å². The first-order chi connectivity index (χ1) is 12.8. The van der Waals surface area contributed by atoms with Crippen LogP contribution >= 0.6 is 15.9 Å². The molecule has 27 heavy (non-hydrogen) atoms. The molecular weight excluding hydrogens is 431 g/mol. The highest BCUT2D eigenvalue weighted by Gasteiger charge is 2.15. The van der Waals surface area contributed by atoms with Crippen molar-refractivity contribution in [2.24, 2.45) is 0 Å². The number of carbonyl (C=O) groups excluding carboxylic acids is 2. The van der Waals surface area contributed by atoms with Crippen molar-refractivity contribution >= 4 is 27.8 Å². The van der Waals surface area contributed by atoms with E-state index in [0.29, 0.717) is 10.9 Å². The Morgan fingerprint density at radius 3 is 2.48 bits per heavy atom. The second kappa shape index (κ2) is 9.96. The summed E-state index contributed by atoms with van der Waals surface area (Å²) in [6.45, 7) is -3.19. The van der Waals surface area contributed by atoms with Gasteiger partial charge in [-0.2, -0.15) is 8.78 Å². The Morgan fingerprint density at radius 1 is 1.11 bits per heavy atom. The Kier molecular flexibility index (Phi) is 7.66.